The maximum absolute atomic E-state index is 14.0. The molecule has 1 aromatic carbocycles. The van der Waals surface area contributed by atoms with E-state index in [4.69, 9.17) is 4.74 Å². The summed E-state index contributed by atoms with van der Waals surface area (Å²) in [5.41, 5.74) is 1.38. The van der Waals surface area contributed by atoms with Crippen LogP contribution in [0.25, 0.3) is 0 Å². The highest BCUT2D eigenvalue weighted by Gasteiger charge is 2.12. The molecular formula is C13H15BrFN3O. The number of ether oxygens (including phenoxy) is 1. The van der Waals surface area contributed by atoms with E-state index in [9.17, 15) is 4.39 Å². The minimum Gasteiger partial charge on any atom is -0.494 e. The van der Waals surface area contributed by atoms with Crippen molar-refractivity contribution in [3.8, 4) is 5.75 Å². The normalized spacial score (nSPS) is 12.4. The SMILES string of the molecule is CCC(Br)c1cn(Cc2cccc(OC)c2F)nn1. The minimum absolute atomic E-state index is 0.177. The van der Waals surface area contributed by atoms with Crippen LogP contribution in [0, 0.1) is 5.82 Å². The Kier molecular flexibility index (Phi) is 4.52. The zero-order valence-electron chi connectivity index (χ0n) is 10.8. The number of hydrogen-bond donors (Lipinski definition) is 0. The summed E-state index contributed by atoms with van der Waals surface area (Å²) in [5, 5.41) is 8.07. The molecule has 1 atom stereocenters. The van der Waals surface area contributed by atoms with Crippen LogP contribution < -0.4 is 4.74 Å². The lowest BCUT2D eigenvalue weighted by atomic mass is 10.2. The van der Waals surface area contributed by atoms with Gasteiger partial charge in [0, 0.05) is 11.8 Å². The molecule has 0 radical (unpaired) electrons. The van der Waals surface area contributed by atoms with Gasteiger partial charge >= 0.3 is 0 Å². The van der Waals surface area contributed by atoms with Crippen molar-refractivity contribution in [2.24, 2.45) is 0 Å². The predicted octanol–water partition coefficient (Wildman–Crippen LogP) is 3.32. The van der Waals surface area contributed by atoms with Crippen LogP contribution in [-0.4, -0.2) is 22.1 Å². The first-order chi connectivity index (χ1) is 9.15. The summed E-state index contributed by atoms with van der Waals surface area (Å²) >= 11 is 3.51. The van der Waals surface area contributed by atoms with Gasteiger partial charge in [0.2, 0.25) is 0 Å². The highest BCUT2D eigenvalue weighted by atomic mass is 79.9. The third kappa shape index (κ3) is 3.12. The van der Waals surface area contributed by atoms with E-state index < -0.39 is 0 Å². The number of alkyl halides is 1. The lowest BCUT2D eigenvalue weighted by Crippen LogP contribution is -2.03. The van der Waals surface area contributed by atoms with Gasteiger partial charge in [0.15, 0.2) is 11.6 Å². The predicted molar refractivity (Wildman–Crippen MR) is 74.0 cm³/mol. The molecule has 0 bridgehead atoms. The summed E-state index contributed by atoms with van der Waals surface area (Å²) in [7, 11) is 1.45. The molecule has 0 aliphatic rings. The molecule has 19 heavy (non-hydrogen) atoms. The Morgan fingerprint density at radius 3 is 2.95 bits per heavy atom. The van der Waals surface area contributed by atoms with E-state index in [-0.39, 0.29) is 16.4 Å². The summed E-state index contributed by atoms with van der Waals surface area (Å²) in [6.45, 7) is 2.39. The molecule has 1 heterocycles. The molecular weight excluding hydrogens is 313 g/mol. The van der Waals surface area contributed by atoms with Crippen LogP contribution in [0.2, 0.25) is 0 Å². The van der Waals surface area contributed by atoms with Crippen LogP contribution >= 0.6 is 15.9 Å². The van der Waals surface area contributed by atoms with Gasteiger partial charge in [-0.25, -0.2) is 9.07 Å². The van der Waals surface area contributed by atoms with E-state index in [1.54, 1.807) is 22.9 Å². The van der Waals surface area contributed by atoms with E-state index in [0.29, 0.717) is 12.1 Å². The summed E-state index contributed by atoms with van der Waals surface area (Å²) in [4.78, 5) is 0.177. The fourth-order valence-corrected chi connectivity index (χ4v) is 1.96. The molecule has 2 rings (SSSR count). The number of rotatable bonds is 5. The van der Waals surface area contributed by atoms with E-state index >= 15 is 0 Å². The summed E-state index contributed by atoms with van der Waals surface area (Å²) in [6.07, 6.45) is 2.74. The zero-order valence-corrected chi connectivity index (χ0v) is 12.4. The second-order valence-corrected chi connectivity index (χ2v) is 5.26. The first-order valence-corrected chi connectivity index (χ1v) is 6.92. The number of aromatic nitrogens is 3. The minimum atomic E-state index is -0.354. The second kappa shape index (κ2) is 6.14. The highest BCUT2D eigenvalue weighted by Crippen LogP contribution is 2.24. The first-order valence-electron chi connectivity index (χ1n) is 6.01. The van der Waals surface area contributed by atoms with Gasteiger partial charge in [0.25, 0.3) is 0 Å². The molecule has 0 amide bonds. The molecule has 0 saturated heterocycles. The van der Waals surface area contributed by atoms with Gasteiger partial charge in [-0.05, 0) is 12.5 Å². The van der Waals surface area contributed by atoms with Crippen LogP contribution in [-0.2, 0) is 6.54 Å². The summed E-state index contributed by atoms with van der Waals surface area (Å²) < 4.78 is 20.6. The van der Waals surface area contributed by atoms with Gasteiger partial charge in [-0.15, -0.1) is 5.10 Å². The molecule has 0 saturated carbocycles. The quantitative estimate of drug-likeness (QED) is 0.791. The summed E-state index contributed by atoms with van der Waals surface area (Å²) in [5.74, 6) is -0.113. The number of halogens is 2. The standard InChI is InChI=1S/C13H15BrFN3O/c1-3-10(14)11-8-18(17-16-11)7-9-5-4-6-12(19-2)13(9)15/h4-6,8,10H,3,7H2,1-2H3. The molecule has 1 unspecified atom stereocenters. The van der Waals surface area contributed by atoms with Crippen molar-refractivity contribution in [1.29, 1.82) is 0 Å². The topological polar surface area (TPSA) is 39.9 Å². The Balaban J connectivity index is 2.19. The number of methoxy groups -OCH3 is 1. The molecule has 4 nitrogen and oxygen atoms in total. The molecule has 0 N–H and O–H groups in total. The van der Waals surface area contributed by atoms with Crippen molar-refractivity contribution in [1.82, 2.24) is 15.0 Å². The molecule has 0 spiro atoms. The van der Waals surface area contributed by atoms with Crippen LogP contribution in [0.15, 0.2) is 24.4 Å². The van der Waals surface area contributed by atoms with Crippen molar-refractivity contribution in [2.75, 3.05) is 7.11 Å². The second-order valence-electron chi connectivity index (χ2n) is 4.15. The lowest BCUT2D eigenvalue weighted by Gasteiger charge is -2.06. The lowest BCUT2D eigenvalue weighted by molar-refractivity contribution is 0.383. The fourth-order valence-electron chi connectivity index (χ4n) is 1.75. The van der Waals surface area contributed by atoms with Gasteiger partial charge in [-0.1, -0.05) is 40.2 Å². The van der Waals surface area contributed by atoms with Crippen LogP contribution in [0.4, 0.5) is 4.39 Å². The van der Waals surface area contributed by atoms with Gasteiger partial charge in [0.1, 0.15) is 0 Å². The molecule has 1 aromatic heterocycles. The number of hydrogen-bond acceptors (Lipinski definition) is 3. The Hall–Kier alpha value is -1.43. The maximum atomic E-state index is 14.0. The van der Waals surface area contributed by atoms with Crippen LogP contribution in [0.3, 0.4) is 0 Å². The molecule has 102 valence electrons. The van der Waals surface area contributed by atoms with E-state index in [2.05, 4.69) is 33.2 Å². The third-order valence-electron chi connectivity index (χ3n) is 2.83. The average molecular weight is 328 g/mol. The third-order valence-corrected chi connectivity index (χ3v) is 3.95. The molecule has 6 heteroatoms. The Bertz CT molecular complexity index is 559. The van der Waals surface area contributed by atoms with Gasteiger partial charge in [0.05, 0.1) is 24.2 Å². The smallest absolute Gasteiger partial charge is 0.170 e. The van der Waals surface area contributed by atoms with E-state index in [0.717, 1.165) is 12.1 Å². The molecule has 0 fully saturated rings. The number of nitrogens with zero attached hydrogens (tertiary/aromatic N) is 3. The van der Waals surface area contributed by atoms with Crippen molar-refractivity contribution in [3.05, 3.63) is 41.5 Å². The van der Waals surface area contributed by atoms with E-state index in [1.165, 1.54) is 7.11 Å². The number of benzene rings is 1. The molecule has 0 aliphatic heterocycles. The van der Waals surface area contributed by atoms with Crippen molar-refractivity contribution in [2.45, 2.75) is 24.7 Å². The van der Waals surface area contributed by atoms with Crippen molar-refractivity contribution >= 4 is 15.9 Å². The van der Waals surface area contributed by atoms with Crippen LogP contribution in [0.1, 0.15) is 29.4 Å². The largest absolute Gasteiger partial charge is 0.494 e. The fraction of sp³-hybridized carbons (Fsp3) is 0.385. The van der Waals surface area contributed by atoms with Crippen molar-refractivity contribution < 1.29 is 9.13 Å². The van der Waals surface area contributed by atoms with Crippen molar-refractivity contribution in [3.63, 3.8) is 0 Å². The highest BCUT2D eigenvalue weighted by molar-refractivity contribution is 9.09. The molecule has 2 aromatic rings. The zero-order chi connectivity index (χ0) is 13.8. The molecule has 0 aliphatic carbocycles. The Morgan fingerprint density at radius 1 is 1.47 bits per heavy atom. The average Bonchev–Trinajstić information content (AvgIpc) is 2.89. The first kappa shape index (κ1) is 14.0. The maximum Gasteiger partial charge on any atom is 0.170 e. The Morgan fingerprint density at radius 2 is 2.26 bits per heavy atom. The monoisotopic (exact) mass is 327 g/mol. The van der Waals surface area contributed by atoms with Gasteiger partial charge in [-0.3, -0.25) is 0 Å². The van der Waals surface area contributed by atoms with Crippen LogP contribution in [0.5, 0.6) is 5.75 Å². The Labute approximate surface area is 119 Å². The van der Waals surface area contributed by atoms with Gasteiger partial charge < -0.3 is 4.74 Å². The van der Waals surface area contributed by atoms with E-state index in [1.807, 2.05) is 6.20 Å². The summed E-state index contributed by atoms with van der Waals surface area (Å²) in [6, 6.07) is 5.07. The van der Waals surface area contributed by atoms with Gasteiger partial charge in [-0.2, -0.15) is 0 Å².